The third-order valence-corrected chi connectivity index (χ3v) is 9.88. The molecule has 53 heavy (non-hydrogen) atoms. The molecule has 0 unspecified atom stereocenters. The minimum atomic E-state index is -0.265. The molecule has 0 aliphatic carbocycles. The third kappa shape index (κ3) is 6.54. The van der Waals surface area contributed by atoms with Crippen molar-refractivity contribution in [2.45, 2.75) is 32.0 Å². The van der Waals surface area contributed by atoms with Crippen molar-refractivity contribution in [3.63, 3.8) is 0 Å². The van der Waals surface area contributed by atoms with Crippen LogP contribution >= 0.6 is 0 Å². The fourth-order valence-corrected chi connectivity index (χ4v) is 7.13. The Labute approximate surface area is 305 Å². The number of aromatic nitrogens is 8. The van der Waals surface area contributed by atoms with Gasteiger partial charge in [0.25, 0.3) is 11.8 Å². The second-order valence-corrected chi connectivity index (χ2v) is 13.2. The molecular weight excluding hydrogens is 672 g/mol. The number of hydrogen-bond acceptors (Lipinski definition) is 9. The first-order valence-corrected chi connectivity index (χ1v) is 17.4. The number of rotatable bonds is 10. The highest BCUT2D eigenvalue weighted by Gasteiger charge is 2.27. The Morgan fingerprint density at radius 1 is 0.792 bits per heavy atom. The molecule has 14 nitrogen and oxygen atoms in total. The van der Waals surface area contributed by atoms with Crippen LogP contribution in [-0.4, -0.2) is 95.7 Å². The molecule has 14 heteroatoms. The van der Waals surface area contributed by atoms with Crippen LogP contribution in [0.3, 0.4) is 0 Å². The van der Waals surface area contributed by atoms with Gasteiger partial charge in [0.05, 0.1) is 45.2 Å². The van der Waals surface area contributed by atoms with Gasteiger partial charge in [0, 0.05) is 71.3 Å². The van der Waals surface area contributed by atoms with E-state index in [0.717, 1.165) is 18.5 Å². The van der Waals surface area contributed by atoms with Crippen LogP contribution in [0.1, 0.15) is 51.1 Å². The van der Waals surface area contributed by atoms with Gasteiger partial charge in [-0.1, -0.05) is 47.7 Å². The average Bonchev–Trinajstić information content (AvgIpc) is 3.96. The largest absolute Gasteiger partial charge is 0.497 e. The molecule has 0 radical (unpaired) electrons. The van der Waals surface area contributed by atoms with E-state index in [1.807, 2.05) is 15.8 Å². The lowest BCUT2D eigenvalue weighted by Crippen LogP contribution is -2.39. The number of para-hydroxylation sites is 2. The Hall–Kier alpha value is -6.57. The number of fused-ring (bicyclic) bond motifs is 3. The molecule has 2 amide bonds. The fraction of sp³-hybridized carbons (Fsp3) is 0.256. The molecule has 0 N–H and O–H groups in total. The van der Waals surface area contributed by atoms with Crippen molar-refractivity contribution in [1.29, 1.82) is 0 Å². The van der Waals surface area contributed by atoms with Crippen LogP contribution in [0.15, 0.2) is 97.2 Å². The number of likely N-dealkylation sites (tertiary alicyclic amines) is 1. The van der Waals surface area contributed by atoms with Crippen LogP contribution < -0.4 is 9.47 Å². The second kappa shape index (κ2) is 14.2. The van der Waals surface area contributed by atoms with E-state index >= 15 is 0 Å². The maximum atomic E-state index is 13.7. The Morgan fingerprint density at radius 3 is 2.13 bits per heavy atom. The SMILES string of the molecule is COc1cc(OC)cc(-n2nnnc2CN(C)C(=O)c2cccc(C(=O)N3CCC(n4cc(Cn5c6ccccc6c6ccccc65)nn4)CC3)c2)c1. The molecule has 1 aliphatic heterocycles. The molecule has 0 saturated carbocycles. The summed E-state index contributed by atoms with van der Waals surface area (Å²) in [6.45, 7) is 1.88. The van der Waals surface area contributed by atoms with Gasteiger partial charge >= 0.3 is 0 Å². The van der Waals surface area contributed by atoms with Crippen LogP contribution in [-0.2, 0) is 13.1 Å². The van der Waals surface area contributed by atoms with Gasteiger partial charge in [-0.3, -0.25) is 9.59 Å². The van der Waals surface area contributed by atoms with E-state index in [0.29, 0.717) is 53.8 Å². The lowest BCUT2D eigenvalue weighted by Gasteiger charge is -2.32. The Morgan fingerprint density at radius 2 is 1.45 bits per heavy atom. The summed E-state index contributed by atoms with van der Waals surface area (Å²) in [6.07, 6.45) is 3.53. The van der Waals surface area contributed by atoms with E-state index in [-0.39, 0.29) is 24.4 Å². The smallest absolute Gasteiger partial charge is 0.254 e. The highest BCUT2D eigenvalue weighted by molar-refractivity contribution is 6.08. The van der Waals surface area contributed by atoms with E-state index < -0.39 is 0 Å². The molecular formula is C39H38N10O4. The summed E-state index contributed by atoms with van der Waals surface area (Å²) in [4.78, 5) is 30.6. The predicted molar refractivity (Wildman–Crippen MR) is 197 cm³/mol. The highest BCUT2D eigenvalue weighted by atomic mass is 16.5. The number of amides is 2. The molecule has 1 fully saturated rings. The van der Waals surface area contributed by atoms with Crippen LogP contribution in [0.5, 0.6) is 11.5 Å². The van der Waals surface area contributed by atoms with Crippen molar-refractivity contribution in [3.05, 3.63) is 120 Å². The number of carbonyl (C=O) groups excluding carboxylic acids is 2. The van der Waals surface area contributed by atoms with E-state index in [4.69, 9.17) is 9.47 Å². The molecule has 1 saturated heterocycles. The van der Waals surface area contributed by atoms with Gasteiger partial charge in [-0.25, -0.2) is 4.68 Å². The average molecular weight is 711 g/mol. The summed E-state index contributed by atoms with van der Waals surface area (Å²) in [7, 11) is 4.80. The van der Waals surface area contributed by atoms with Crippen molar-refractivity contribution in [2.75, 3.05) is 34.4 Å². The minimum absolute atomic E-state index is 0.109. The first kappa shape index (κ1) is 33.6. The molecule has 0 atom stereocenters. The molecule has 4 aromatic carbocycles. The molecule has 0 bridgehead atoms. The summed E-state index contributed by atoms with van der Waals surface area (Å²) < 4.78 is 16.5. The Bertz CT molecular complexity index is 2370. The number of benzene rings is 4. The molecule has 1 aliphatic rings. The van der Waals surface area contributed by atoms with Gasteiger partial charge in [0.1, 0.15) is 17.2 Å². The zero-order valence-electron chi connectivity index (χ0n) is 29.7. The lowest BCUT2D eigenvalue weighted by atomic mass is 10.0. The summed E-state index contributed by atoms with van der Waals surface area (Å²) in [5.74, 6) is 1.23. The van der Waals surface area contributed by atoms with Crippen molar-refractivity contribution in [3.8, 4) is 17.2 Å². The van der Waals surface area contributed by atoms with E-state index in [1.165, 1.54) is 31.4 Å². The standard InChI is InChI=1S/C39H38N10O4/c1-45(25-37-41-42-44-49(37)30-20-31(52-2)22-32(21-30)53-3)38(50)26-9-8-10-27(19-26)39(51)46-17-15-29(16-18-46)48-24-28(40-43-48)23-47-35-13-6-4-11-33(35)34-12-5-7-14-36(34)47/h4-14,19-22,24,29H,15-18,23,25H2,1-3H3. The van der Waals surface area contributed by atoms with Crippen molar-refractivity contribution >= 4 is 33.6 Å². The molecule has 0 spiro atoms. The van der Waals surface area contributed by atoms with Gasteiger partial charge in [0.2, 0.25) is 0 Å². The Balaban J connectivity index is 0.903. The monoisotopic (exact) mass is 710 g/mol. The number of nitrogens with zero attached hydrogens (tertiary/aromatic N) is 10. The summed E-state index contributed by atoms with van der Waals surface area (Å²) in [5.41, 5.74) is 4.71. The molecule has 4 heterocycles. The number of methoxy groups -OCH3 is 2. The third-order valence-electron chi connectivity index (χ3n) is 9.88. The maximum absolute atomic E-state index is 13.7. The van der Waals surface area contributed by atoms with Gasteiger partial charge in [-0.2, -0.15) is 4.68 Å². The van der Waals surface area contributed by atoms with Crippen LogP contribution in [0.4, 0.5) is 0 Å². The van der Waals surface area contributed by atoms with Crippen LogP contribution in [0, 0.1) is 0 Å². The summed E-state index contributed by atoms with van der Waals surface area (Å²) in [6, 6.07) is 29.2. The fourth-order valence-electron chi connectivity index (χ4n) is 7.13. The van der Waals surface area contributed by atoms with Gasteiger partial charge in [-0.15, -0.1) is 10.2 Å². The van der Waals surface area contributed by atoms with Crippen LogP contribution in [0.25, 0.3) is 27.5 Å². The predicted octanol–water partition coefficient (Wildman–Crippen LogP) is 5.18. The number of ether oxygens (including phenoxy) is 2. The molecule has 268 valence electrons. The van der Waals surface area contributed by atoms with Gasteiger partial charge in [0.15, 0.2) is 5.82 Å². The normalized spacial score (nSPS) is 13.5. The quantitative estimate of drug-likeness (QED) is 0.188. The van der Waals surface area contributed by atoms with Gasteiger partial charge < -0.3 is 23.8 Å². The Kier molecular flexibility index (Phi) is 9.00. The first-order chi connectivity index (χ1) is 25.9. The van der Waals surface area contributed by atoms with Crippen molar-refractivity contribution < 1.29 is 19.1 Å². The van der Waals surface area contributed by atoms with Crippen molar-refractivity contribution in [2.24, 2.45) is 0 Å². The van der Waals surface area contributed by atoms with E-state index in [1.54, 1.807) is 63.7 Å². The van der Waals surface area contributed by atoms with Crippen LogP contribution in [0.2, 0.25) is 0 Å². The van der Waals surface area contributed by atoms with Gasteiger partial charge in [-0.05, 0) is 53.6 Å². The zero-order chi connectivity index (χ0) is 36.5. The molecule has 3 aromatic heterocycles. The number of carbonyl (C=O) groups is 2. The first-order valence-electron chi connectivity index (χ1n) is 17.4. The molecule has 7 aromatic rings. The number of tetrazole rings is 1. The lowest BCUT2D eigenvalue weighted by molar-refractivity contribution is 0.0689. The zero-order valence-corrected chi connectivity index (χ0v) is 29.7. The highest BCUT2D eigenvalue weighted by Crippen LogP contribution is 2.30. The summed E-state index contributed by atoms with van der Waals surface area (Å²) >= 11 is 0. The second-order valence-electron chi connectivity index (χ2n) is 13.2. The van der Waals surface area contributed by atoms with E-state index in [9.17, 15) is 9.59 Å². The topological polar surface area (TPSA) is 138 Å². The summed E-state index contributed by atoms with van der Waals surface area (Å²) in [5, 5.41) is 23.6. The maximum Gasteiger partial charge on any atom is 0.254 e. The minimum Gasteiger partial charge on any atom is -0.497 e. The van der Waals surface area contributed by atoms with E-state index in [2.05, 4.69) is 78.9 Å². The number of hydrogen-bond donors (Lipinski definition) is 0. The number of piperidine rings is 1. The van der Waals surface area contributed by atoms with Crippen molar-refractivity contribution in [1.82, 2.24) is 49.6 Å². The molecule has 8 rings (SSSR count).